The van der Waals surface area contributed by atoms with E-state index in [9.17, 15) is 13.6 Å². The summed E-state index contributed by atoms with van der Waals surface area (Å²) >= 11 is 5.50. The number of nitrogens with zero attached hydrogens (tertiary/aromatic N) is 1. The Labute approximate surface area is 96.4 Å². The Morgan fingerprint density at radius 2 is 2.25 bits per heavy atom. The molecular formula is C10H10ClF2NO2. The minimum Gasteiger partial charge on any atom is -0.464 e. The monoisotopic (exact) mass is 249 g/mol. The number of ether oxygens (including phenoxy) is 1. The molecule has 0 saturated heterocycles. The lowest BCUT2D eigenvalue weighted by molar-refractivity contribution is 0.0592. The van der Waals surface area contributed by atoms with E-state index in [4.69, 9.17) is 11.6 Å². The van der Waals surface area contributed by atoms with Gasteiger partial charge in [-0.15, -0.1) is 11.6 Å². The van der Waals surface area contributed by atoms with Crippen LogP contribution in [0.2, 0.25) is 0 Å². The molecule has 1 aromatic rings. The molecule has 0 aliphatic heterocycles. The van der Waals surface area contributed by atoms with Crippen molar-refractivity contribution in [1.29, 1.82) is 0 Å². The second-order valence-corrected chi connectivity index (χ2v) is 3.38. The zero-order chi connectivity index (χ0) is 12.3. The number of halogens is 3. The third kappa shape index (κ3) is 2.47. The quantitative estimate of drug-likeness (QED) is 0.611. The molecule has 16 heavy (non-hydrogen) atoms. The molecule has 1 heterocycles. The zero-order valence-electron chi connectivity index (χ0n) is 8.76. The molecule has 0 aromatic carbocycles. The molecule has 6 heteroatoms. The van der Waals surface area contributed by atoms with Crippen LogP contribution in [0.4, 0.5) is 8.78 Å². The number of aromatic nitrogens is 1. The minimum absolute atomic E-state index is 0.00247. The van der Waals surface area contributed by atoms with E-state index in [0.717, 1.165) is 0 Å². The Hall–Kier alpha value is -1.23. The van der Waals surface area contributed by atoms with E-state index in [1.807, 2.05) is 0 Å². The van der Waals surface area contributed by atoms with Crippen molar-refractivity contribution in [3.8, 4) is 0 Å². The average Bonchev–Trinajstić information content (AvgIpc) is 2.27. The van der Waals surface area contributed by atoms with E-state index in [0.29, 0.717) is 5.56 Å². The first-order valence-electron chi connectivity index (χ1n) is 4.44. The molecule has 0 saturated carbocycles. The Kier molecular flexibility index (Phi) is 4.18. The summed E-state index contributed by atoms with van der Waals surface area (Å²) in [6, 6.07) is 1.21. The topological polar surface area (TPSA) is 39.2 Å². The van der Waals surface area contributed by atoms with Gasteiger partial charge in [0.05, 0.1) is 18.7 Å². The van der Waals surface area contributed by atoms with Gasteiger partial charge in [-0.3, -0.25) is 0 Å². The van der Waals surface area contributed by atoms with Crippen LogP contribution in [0.15, 0.2) is 6.07 Å². The number of rotatable bonds is 3. The van der Waals surface area contributed by atoms with Crippen molar-refractivity contribution in [3.63, 3.8) is 0 Å². The standard InChI is InChI=1S/C10H10ClF2NO2/c1-5-3-6(9(12)13)7(4-11)14-8(5)10(15)16-2/h3,9H,4H2,1-2H3. The largest absolute Gasteiger partial charge is 0.464 e. The maximum atomic E-state index is 12.6. The van der Waals surface area contributed by atoms with Gasteiger partial charge in [-0.05, 0) is 18.6 Å². The predicted octanol–water partition coefficient (Wildman–Crippen LogP) is 2.85. The normalized spacial score (nSPS) is 10.6. The fourth-order valence-corrected chi connectivity index (χ4v) is 1.49. The van der Waals surface area contributed by atoms with Crippen LogP contribution < -0.4 is 0 Å². The number of hydrogen-bond donors (Lipinski definition) is 0. The lowest BCUT2D eigenvalue weighted by Gasteiger charge is -2.10. The summed E-state index contributed by atoms with van der Waals surface area (Å²) in [4.78, 5) is 15.1. The van der Waals surface area contributed by atoms with Crippen LogP contribution in [-0.4, -0.2) is 18.1 Å². The number of carbonyl (C=O) groups excluding carboxylic acids is 1. The Morgan fingerprint density at radius 3 is 2.69 bits per heavy atom. The molecule has 0 unspecified atom stereocenters. The van der Waals surface area contributed by atoms with Gasteiger partial charge < -0.3 is 4.74 Å². The predicted molar refractivity (Wildman–Crippen MR) is 54.8 cm³/mol. The van der Waals surface area contributed by atoms with E-state index in [-0.39, 0.29) is 22.8 Å². The van der Waals surface area contributed by atoms with Crippen LogP contribution in [-0.2, 0) is 10.6 Å². The van der Waals surface area contributed by atoms with E-state index in [2.05, 4.69) is 9.72 Å². The summed E-state index contributed by atoms with van der Waals surface area (Å²) in [6.45, 7) is 1.52. The highest BCUT2D eigenvalue weighted by atomic mass is 35.5. The summed E-state index contributed by atoms with van der Waals surface area (Å²) in [5.41, 5.74) is 0.112. The summed E-state index contributed by atoms with van der Waals surface area (Å²) in [5, 5.41) is 0. The van der Waals surface area contributed by atoms with Gasteiger partial charge in [0.15, 0.2) is 5.69 Å². The zero-order valence-corrected chi connectivity index (χ0v) is 9.52. The van der Waals surface area contributed by atoms with Gasteiger partial charge in [0, 0.05) is 5.56 Å². The molecule has 1 rings (SSSR count). The van der Waals surface area contributed by atoms with Crippen molar-refractivity contribution in [3.05, 3.63) is 28.6 Å². The number of aryl methyl sites for hydroxylation is 1. The fraction of sp³-hybridized carbons (Fsp3) is 0.400. The second-order valence-electron chi connectivity index (χ2n) is 3.12. The molecule has 0 aliphatic rings. The average molecular weight is 250 g/mol. The van der Waals surface area contributed by atoms with Crippen molar-refractivity contribution >= 4 is 17.6 Å². The van der Waals surface area contributed by atoms with E-state index in [1.165, 1.54) is 20.1 Å². The molecular weight excluding hydrogens is 240 g/mol. The van der Waals surface area contributed by atoms with Gasteiger partial charge in [-0.2, -0.15) is 0 Å². The first-order valence-corrected chi connectivity index (χ1v) is 4.97. The van der Waals surface area contributed by atoms with Gasteiger partial charge >= 0.3 is 5.97 Å². The van der Waals surface area contributed by atoms with Crippen LogP contribution in [0.3, 0.4) is 0 Å². The van der Waals surface area contributed by atoms with E-state index in [1.54, 1.807) is 0 Å². The molecule has 0 fully saturated rings. The maximum Gasteiger partial charge on any atom is 0.356 e. The lowest BCUT2D eigenvalue weighted by Crippen LogP contribution is -2.10. The molecule has 0 spiro atoms. The number of carbonyl (C=O) groups is 1. The third-order valence-corrected chi connectivity index (χ3v) is 2.32. The highest BCUT2D eigenvalue weighted by molar-refractivity contribution is 6.17. The highest BCUT2D eigenvalue weighted by Crippen LogP contribution is 2.25. The van der Waals surface area contributed by atoms with Crippen LogP contribution in [0.1, 0.15) is 33.7 Å². The lowest BCUT2D eigenvalue weighted by atomic mass is 10.1. The molecule has 0 atom stereocenters. The van der Waals surface area contributed by atoms with Crippen molar-refractivity contribution in [1.82, 2.24) is 4.98 Å². The molecule has 1 aromatic heterocycles. The molecule has 0 amide bonds. The SMILES string of the molecule is COC(=O)c1nc(CCl)c(C(F)F)cc1C. The molecule has 0 N–H and O–H groups in total. The minimum atomic E-state index is -2.66. The van der Waals surface area contributed by atoms with Gasteiger partial charge in [0.25, 0.3) is 6.43 Å². The van der Waals surface area contributed by atoms with E-state index < -0.39 is 12.4 Å². The molecule has 0 bridgehead atoms. The van der Waals surface area contributed by atoms with Crippen LogP contribution in [0.5, 0.6) is 0 Å². The smallest absolute Gasteiger partial charge is 0.356 e. The first-order chi connectivity index (χ1) is 7.51. The number of esters is 1. The Bertz CT molecular complexity index is 410. The van der Waals surface area contributed by atoms with Gasteiger partial charge in [-0.25, -0.2) is 18.6 Å². The highest BCUT2D eigenvalue weighted by Gasteiger charge is 2.19. The van der Waals surface area contributed by atoms with Crippen LogP contribution in [0.25, 0.3) is 0 Å². The Balaban J connectivity index is 3.31. The summed E-state index contributed by atoms with van der Waals surface area (Å²) in [7, 11) is 1.20. The first kappa shape index (κ1) is 12.8. The molecule has 0 radical (unpaired) electrons. The summed E-state index contributed by atoms with van der Waals surface area (Å²) < 4.78 is 29.7. The van der Waals surface area contributed by atoms with Gasteiger partial charge in [0.1, 0.15) is 0 Å². The van der Waals surface area contributed by atoms with E-state index >= 15 is 0 Å². The summed E-state index contributed by atoms with van der Waals surface area (Å²) in [5.74, 6) is -0.839. The van der Waals surface area contributed by atoms with Crippen molar-refractivity contribution in [2.75, 3.05) is 7.11 Å². The number of hydrogen-bond acceptors (Lipinski definition) is 3. The third-order valence-electron chi connectivity index (χ3n) is 2.07. The van der Waals surface area contributed by atoms with Crippen LogP contribution in [0, 0.1) is 6.92 Å². The maximum absolute atomic E-state index is 12.6. The van der Waals surface area contributed by atoms with Crippen molar-refractivity contribution < 1.29 is 18.3 Å². The van der Waals surface area contributed by atoms with Crippen LogP contribution >= 0.6 is 11.6 Å². The molecule has 0 aliphatic carbocycles. The van der Waals surface area contributed by atoms with Gasteiger partial charge in [-0.1, -0.05) is 0 Å². The number of methoxy groups -OCH3 is 1. The fourth-order valence-electron chi connectivity index (χ4n) is 1.27. The summed E-state index contributed by atoms with van der Waals surface area (Å²) in [6.07, 6.45) is -2.66. The van der Waals surface area contributed by atoms with Gasteiger partial charge in [0.2, 0.25) is 0 Å². The van der Waals surface area contributed by atoms with Crippen molar-refractivity contribution in [2.24, 2.45) is 0 Å². The second kappa shape index (κ2) is 5.21. The molecule has 88 valence electrons. The number of alkyl halides is 3. The Morgan fingerprint density at radius 1 is 1.62 bits per heavy atom. The van der Waals surface area contributed by atoms with Crippen molar-refractivity contribution in [2.45, 2.75) is 19.2 Å². The number of pyridine rings is 1. The molecule has 3 nitrogen and oxygen atoms in total.